The second-order valence-electron chi connectivity index (χ2n) is 6.17. The van der Waals surface area contributed by atoms with Gasteiger partial charge < -0.3 is 9.64 Å². The molecule has 0 aromatic heterocycles. The van der Waals surface area contributed by atoms with Gasteiger partial charge in [-0.3, -0.25) is 4.79 Å². The lowest BCUT2D eigenvalue weighted by Gasteiger charge is -2.29. The van der Waals surface area contributed by atoms with Crippen molar-refractivity contribution in [2.24, 2.45) is 0 Å². The van der Waals surface area contributed by atoms with E-state index < -0.39 is 0 Å². The van der Waals surface area contributed by atoms with Crippen molar-refractivity contribution in [3.63, 3.8) is 0 Å². The smallest absolute Gasteiger partial charge is 0.264 e. The third-order valence-corrected chi connectivity index (χ3v) is 5.41. The molecule has 0 bridgehead atoms. The lowest BCUT2D eigenvalue weighted by molar-refractivity contribution is -0.120. The first-order chi connectivity index (χ1) is 12.2. The van der Waals surface area contributed by atoms with Crippen LogP contribution < -0.4 is 9.64 Å². The zero-order chi connectivity index (χ0) is 17.2. The van der Waals surface area contributed by atoms with E-state index >= 15 is 0 Å². The molecule has 25 heavy (non-hydrogen) atoms. The maximum Gasteiger partial charge on any atom is 0.264 e. The molecule has 1 heterocycles. The summed E-state index contributed by atoms with van der Waals surface area (Å²) >= 11 is 3.60. The van der Waals surface area contributed by atoms with E-state index in [0.717, 1.165) is 40.3 Å². The Kier molecular flexibility index (Phi) is 4.45. The number of benzene rings is 3. The van der Waals surface area contributed by atoms with E-state index in [1.807, 2.05) is 53.4 Å². The molecule has 1 amide bonds. The summed E-state index contributed by atoms with van der Waals surface area (Å²) in [5.74, 6) is 0.685. The minimum absolute atomic E-state index is 0.00721. The Labute approximate surface area is 155 Å². The van der Waals surface area contributed by atoms with Crippen molar-refractivity contribution < 1.29 is 9.53 Å². The first-order valence-electron chi connectivity index (χ1n) is 8.42. The molecule has 3 nitrogen and oxygen atoms in total. The summed E-state index contributed by atoms with van der Waals surface area (Å²) in [4.78, 5) is 14.5. The molecular formula is C21H18BrNO2. The van der Waals surface area contributed by atoms with Crippen LogP contribution in [0, 0.1) is 0 Å². The maximum atomic E-state index is 12.7. The fourth-order valence-corrected chi connectivity index (χ4v) is 3.94. The number of nitrogens with zero attached hydrogens (tertiary/aromatic N) is 1. The number of rotatable bonds is 3. The second-order valence-corrected chi connectivity index (χ2v) is 6.96. The summed E-state index contributed by atoms with van der Waals surface area (Å²) in [6, 6.07) is 20.1. The number of amides is 1. The average Bonchev–Trinajstić information content (AvgIpc) is 2.67. The van der Waals surface area contributed by atoms with Crippen LogP contribution in [0.4, 0.5) is 5.69 Å². The number of ether oxygens (including phenoxy) is 1. The normalized spacial score (nSPS) is 13.6. The summed E-state index contributed by atoms with van der Waals surface area (Å²) in [5, 5.41) is 2.22. The molecule has 1 aliphatic heterocycles. The van der Waals surface area contributed by atoms with Crippen molar-refractivity contribution in [2.75, 3.05) is 18.1 Å². The number of anilines is 1. The van der Waals surface area contributed by atoms with Crippen LogP contribution in [-0.4, -0.2) is 19.1 Å². The molecule has 3 aromatic rings. The van der Waals surface area contributed by atoms with E-state index in [2.05, 4.69) is 28.1 Å². The molecular weight excluding hydrogens is 378 g/mol. The topological polar surface area (TPSA) is 29.5 Å². The predicted octanol–water partition coefficient (Wildman–Crippen LogP) is 4.96. The zero-order valence-corrected chi connectivity index (χ0v) is 15.3. The highest BCUT2D eigenvalue weighted by Crippen LogP contribution is 2.33. The number of carbonyl (C=O) groups excluding carboxylic acids is 1. The summed E-state index contributed by atoms with van der Waals surface area (Å²) in [7, 11) is 0. The van der Waals surface area contributed by atoms with E-state index in [4.69, 9.17) is 4.74 Å². The van der Waals surface area contributed by atoms with Gasteiger partial charge in [-0.2, -0.15) is 0 Å². The Morgan fingerprint density at radius 1 is 1.04 bits per heavy atom. The van der Waals surface area contributed by atoms with E-state index in [9.17, 15) is 4.79 Å². The maximum absolute atomic E-state index is 12.7. The van der Waals surface area contributed by atoms with Gasteiger partial charge in [-0.05, 0) is 57.2 Å². The van der Waals surface area contributed by atoms with Crippen molar-refractivity contribution >= 4 is 38.3 Å². The van der Waals surface area contributed by atoms with Gasteiger partial charge in [0.1, 0.15) is 5.75 Å². The van der Waals surface area contributed by atoms with Crippen molar-refractivity contribution in [3.8, 4) is 5.75 Å². The Morgan fingerprint density at radius 3 is 2.76 bits per heavy atom. The fraction of sp³-hybridized carbons (Fsp3) is 0.190. The largest absolute Gasteiger partial charge is 0.483 e. The van der Waals surface area contributed by atoms with Crippen LogP contribution in [-0.2, 0) is 11.2 Å². The number of hydrogen-bond acceptors (Lipinski definition) is 2. The summed E-state index contributed by atoms with van der Waals surface area (Å²) in [6.45, 7) is 0.781. The van der Waals surface area contributed by atoms with Crippen LogP contribution in [0.15, 0.2) is 65.1 Å². The number of carbonyl (C=O) groups is 1. The molecule has 4 heteroatoms. The summed E-state index contributed by atoms with van der Waals surface area (Å²) in [5.41, 5.74) is 2.24. The quantitative estimate of drug-likeness (QED) is 0.626. The zero-order valence-electron chi connectivity index (χ0n) is 13.7. The van der Waals surface area contributed by atoms with Gasteiger partial charge in [0.2, 0.25) is 0 Å². The molecule has 0 saturated heterocycles. The van der Waals surface area contributed by atoms with Gasteiger partial charge in [0.15, 0.2) is 6.61 Å². The second kappa shape index (κ2) is 6.89. The van der Waals surface area contributed by atoms with E-state index in [-0.39, 0.29) is 12.5 Å². The van der Waals surface area contributed by atoms with Gasteiger partial charge in [-0.1, -0.05) is 48.5 Å². The van der Waals surface area contributed by atoms with Crippen molar-refractivity contribution in [2.45, 2.75) is 12.8 Å². The Balaban J connectivity index is 1.52. The molecule has 0 saturated carbocycles. The number of aryl methyl sites for hydroxylation is 1. The highest BCUT2D eigenvalue weighted by atomic mass is 79.9. The molecule has 0 spiro atoms. The molecule has 0 aliphatic carbocycles. The fourth-order valence-electron chi connectivity index (χ4n) is 3.34. The van der Waals surface area contributed by atoms with Crippen molar-refractivity contribution in [1.29, 1.82) is 0 Å². The monoisotopic (exact) mass is 395 g/mol. The van der Waals surface area contributed by atoms with Crippen LogP contribution in [0.3, 0.4) is 0 Å². The number of halogens is 1. The van der Waals surface area contributed by atoms with Gasteiger partial charge in [0, 0.05) is 12.2 Å². The summed E-state index contributed by atoms with van der Waals surface area (Å²) < 4.78 is 6.72. The van der Waals surface area contributed by atoms with E-state index in [1.54, 1.807) is 0 Å². The van der Waals surface area contributed by atoms with Crippen LogP contribution in [0.25, 0.3) is 10.8 Å². The number of fused-ring (bicyclic) bond motifs is 2. The third-order valence-electron chi connectivity index (χ3n) is 4.59. The molecule has 0 atom stereocenters. The van der Waals surface area contributed by atoms with E-state index in [1.165, 1.54) is 5.56 Å². The lowest BCUT2D eigenvalue weighted by atomic mass is 10.0. The molecule has 126 valence electrons. The van der Waals surface area contributed by atoms with Crippen LogP contribution in [0.5, 0.6) is 5.75 Å². The SMILES string of the molecule is O=C(COc1ccc2ccccc2c1Br)N1CCCc2ccccc21. The molecule has 0 fully saturated rings. The highest BCUT2D eigenvalue weighted by Gasteiger charge is 2.22. The predicted molar refractivity (Wildman–Crippen MR) is 104 cm³/mol. The summed E-state index contributed by atoms with van der Waals surface area (Å²) in [6.07, 6.45) is 2.01. The van der Waals surface area contributed by atoms with Crippen LogP contribution in [0.2, 0.25) is 0 Å². The average molecular weight is 396 g/mol. The van der Waals surface area contributed by atoms with Crippen molar-refractivity contribution in [1.82, 2.24) is 0 Å². The minimum atomic E-state index is -0.00721. The standard InChI is InChI=1S/C21H18BrNO2/c22-21-17-9-3-1-6-15(17)11-12-19(21)25-14-20(24)23-13-5-8-16-7-2-4-10-18(16)23/h1-4,6-7,9-12H,5,8,13-14H2. The number of hydrogen-bond donors (Lipinski definition) is 0. The highest BCUT2D eigenvalue weighted by molar-refractivity contribution is 9.10. The van der Waals surface area contributed by atoms with E-state index in [0.29, 0.717) is 5.75 Å². The van der Waals surface area contributed by atoms with Gasteiger partial charge in [0.25, 0.3) is 5.91 Å². The molecule has 0 radical (unpaired) electrons. The molecule has 0 N–H and O–H groups in total. The Hall–Kier alpha value is -2.33. The molecule has 4 rings (SSSR count). The first-order valence-corrected chi connectivity index (χ1v) is 9.21. The molecule has 3 aromatic carbocycles. The minimum Gasteiger partial charge on any atom is -0.483 e. The third kappa shape index (κ3) is 3.14. The molecule has 1 aliphatic rings. The lowest BCUT2D eigenvalue weighted by Crippen LogP contribution is -2.38. The van der Waals surface area contributed by atoms with Gasteiger partial charge >= 0.3 is 0 Å². The van der Waals surface area contributed by atoms with Crippen LogP contribution >= 0.6 is 15.9 Å². The molecule has 0 unspecified atom stereocenters. The Morgan fingerprint density at radius 2 is 1.84 bits per heavy atom. The van der Waals surface area contributed by atoms with Crippen LogP contribution in [0.1, 0.15) is 12.0 Å². The van der Waals surface area contributed by atoms with Gasteiger partial charge in [-0.25, -0.2) is 0 Å². The Bertz CT molecular complexity index is 938. The number of para-hydroxylation sites is 1. The van der Waals surface area contributed by atoms with Gasteiger partial charge in [-0.15, -0.1) is 0 Å². The van der Waals surface area contributed by atoms with Crippen molar-refractivity contribution in [3.05, 3.63) is 70.7 Å². The van der Waals surface area contributed by atoms with Gasteiger partial charge in [0.05, 0.1) is 4.47 Å². The first kappa shape index (κ1) is 16.2.